The molecule has 0 bridgehead atoms. The normalized spacial score (nSPS) is 27.3. The van der Waals surface area contributed by atoms with Crippen LogP contribution in [0.15, 0.2) is 0 Å². The Labute approximate surface area is 91.2 Å². The summed E-state index contributed by atoms with van der Waals surface area (Å²) in [5.74, 6) is 0.263. The van der Waals surface area contributed by atoms with E-state index >= 15 is 0 Å². The molecule has 0 aromatic carbocycles. The standard InChI is InChI=1S/C11H21NO3/c1-8(2)15-11(14)6-12-5-4-9(3)10(12)7-13/h8-10,13H,4-7H2,1-3H3. The van der Waals surface area contributed by atoms with Gasteiger partial charge < -0.3 is 9.84 Å². The van der Waals surface area contributed by atoms with E-state index in [0.29, 0.717) is 12.5 Å². The Balaban J connectivity index is 2.41. The van der Waals surface area contributed by atoms with E-state index in [2.05, 4.69) is 6.92 Å². The van der Waals surface area contributed by atoms with Crippen molar-refractivity contribution in [3.63, 3.8) is 0 Å². The van der Waals surface area contributed by atoms with Crippen LogP contribution in [0.5, 0.6) is 0 Å². The van der Waals surface area contributed by atoms with Gasteiger partial charge in [0.1, 0.15) is 0 Å². The molecule has 0 spiro atoms. The minimum atomic E-state index is -0.197. The molecule has 2 atom stereocenters. The highest BCUT2D eigenvalue weighted by atomic mass is 16.5. The second-order valence-electron chi connectivity index (χ2n) is 4.52. The fraction of sp³-hybridized carbons (Fsp3) is 0.909. The zero-order valence-corrected chi connectivity index (χ0v) is 9.77. The summed E-state index contributed by atoms with van der Waals surface area (Å²) in [5.41, 5.74) is 0. The van der Waals surface area contributed by atoms with Crippen molar-refractivity contribution >= 4 is 5.97 Å². The highest BCUT2D eigenvalue weighted by molar-refractivity contribution is 5.71. The molecule has 0 aromatic rings. The molecule has 1 N–H and O–H groups in total. The molecule has 1 fully saturated rings. The second kappa shape index (κ2) is 5.47. The summed E-state index contributed by atoms with van der Waals surface area (Å²) in [6, 6.07) is 0.115. The third kappa shape index (κ3) is 3.47. The van der Waals surface area contributed by atoms with E-state index in [1.165, 1.54) is 0 Å². The van der Waals surface area contributed by atoms with Crippen LogP contribution in [-0.2, 0) is 9.53 Å². The average molecular weight is 215 g/mol. The smallest absolute Gasteiger partial charge is 0.320 e. The van der Waals surface area contributed by atoms with Crippen LogP contribution >= 0.6 is 0 Å². The molecule has 0 saturated carbocycles. The summed E-state index contributed by atoms with van der Waals surface area (Å²) in [7, 11) is 0. The highest BCUT2D eigenvalue weighted by Gasteiger charge is 2.31. The zero-order valence-electron chi connectivity index (χ0n) is 9.77. The number of esters is 1. The van der Waals surface area contributed by atoms with Crippen molar-refractivity contribution in [2.75, 3.05) is 19.7 Å². The van der Waals surface area contributed by atoms with Crippen LogP contribution in [0.4, 0.5) is 0 Å². The Morgan fingerprint density at radius 1 is 1.60 bits per heavy atom. The van der Waals surface area contributed by atoms with Gasteiger partial charge in [0.15, 0.2) is 0 Å². The molecule has 4 heteroatoms. The maximum Gasteiger partial charge on any atom is 0.320 e. The summed E-state index contributed by atoms with van der Waals surface area (Å²) >= 11 is 0. The van der Waals surface area contributed by atoms with Crippen LogP contribution in [0.1, 0.15) is 27.2 Å². The molecule has 1 aliphatic rings. The molecule has 2 unspecified atom stereocenters. The Kier molecular flexibility index (Phi) is 4.54. The van der Waals surface area contributed by atoms with Gasteiger partial charge >= 0.3 is 5.97 Å². The van der Waals surface area contributed by atoms with E-state index in [1.807, 2.05) is 18.7 Å². The van der Waals surface area contributed by atoms with Gasteiger partial charge in [-0.1, -0.05) is 6.92 Å². The lowest BCUT2D eigenvalue weighted by Crippen LogP contribution is -2.39. The Hall–Kier alpha value is -0.610. The molecule has 0 aliphatic carbocycles. The average Bonchev–Trinajstić information content (AvgIpc) is 2.45. The second-order valence-corrected chi connectivity index (χ2v) is 4.52. The lowest BCUT2D eigenvalue weighted by Gasteiger charge is -2.24. The predicted molar refractivity (Wildman–Crippen MR) is 57.5 cm³/mol. The highest BCUT2D eigenvalue weighted by Crippen LogP contribution is 2.22. The quantitative estimate of drug-likeness (QED) is 0.699. The van der Waals surface area contributed by atoms with Crippen molar-refractivity contribution < 1.29 is 14.6 Å². The van der Waals surface area contributed by atoms with Gasteiger partial charge in [-0.2, -0.15) is 0 Å². The van der Waals surface area contributed by atoms with E-state index < -0.39 is 0 Å². The molecule has 1 saturated heterocycles. The monoisotopic (exact) mass is 215 g/mol. The number of rotatable bonds is 4. The van der Waals surface area contributed by atoms with Gasteiger partial charge in [-0.25, -0.2) is 0 Å². The fourth-order valence-corrected chi connectivity index (χ4v) is 2.05. The van der Waals surface area contributed by atoms with Gasteiger partial charge in [0, 0.05) is 6.04 Å². The van der Waals surface area contributed by atoms with E-state index in [9.17, 15) is 9.90 Å². The molecule has 1 rings (SSSR count). The summed E-state index contributed by atoms with van der Waals surface area (Å²) in [5, 5.41) is 9.21. The number of likely N-dealkylation sites (tertiary alicyclic amines) is 1. The summed E-state index contributed by atoms with van der Waals surface area (Å²) in [6.45, 7) is 7.08. The van der Waals surface area contributed by atoms with Crippen molar-refractivity contribution in [3.05, 3.63) is 0 Å². The van der Waals surface area contributed by atoms with Crippen molar-refractivity contribution in [2.45, 2.75) is 39.3 Å². The maximum absolute atomic E-state index is 11.4. The molecule has 0 radical (unpaired) electrons. The summed E-state index contributed by atoms with van der Waals surface area (Å²) in [4.78, 5) is 13.4. The number of nitrogens with zero attached hydrogens (tertiary/aromatic N) is 1. The fourth-order valence-electron chi connectivity index (χ4n) is 2.05. The molecule has 88 valence electrons. The predicted octanol–water partition coefficient (Wildman–Crippen LogP) is 0.641. The topological polar surface area (TPSA) is 49.8 Å². The molecular formula is C11H21NO3. The molecule has 0 amide bonds. The lowest BCUT2D eigenvalue weighted by molar-refractivity contribution is -0.149. The minimum Gasteiger partial charge on any atom is -0.462 e. The number of aliphatic hydroxyl groups excluding tert-OH is 1. The van der Waals surface area contributed by atoms with Crippen molar-refractivity contribution in [1.82, 2.24) is 4.90 Å². The SMILES string of the molecule is CC(C)OC(=O)CN1CCC(C)C1CO. The van der Waals surface area contributed by atoms with E-state index in [0.717, 1.165) is 13.0 Å². The van der Waals surface area contributed by atoms with Crippen LogP contribution in [0.3, 0.4) is 0 Å². The molecule has 15 heavy (non-hydrogen) atoms. The van der Waals surface area contributed by atoms with E-state index in [-0.39, 0.29) is 24.7 Å². The van der Waals surface area contributed by atoms with E-state index in [4.69, 9.17) is 4.74 Å². The number of ether oxygens (including phenoxy) is 1. The van der Waals surface area contributed by atoms with Crippen molar-refractivity contribution in [2.24, 2.45) is 5.92 Å². The summed E-state index contributed by atoms with van der Waals surface area (Å²) in [6.07, 6.45) is 0.977. The van der Waals surface area contributed by atoms with Crippen LogP contribution in [-0.4, -0.2) is 47.8 Å². The molecule has 1 aliphatic heterocycles. The van der Waals surface area contributed by atoms with Crippen LogP contribution in [0.25, 0.3) is 0 Å². The number of aliphatic hydroxyl groups is 1. The Morgan fingerprint density at radius 2 is 2.27 bits per heavy atom. The van der Waals surface area contributed by atoms with Gasteiger partial charge in [0.25, 0.3) is 0 Å². The molecule has 0 aromatic heterocycles. The van der Waals surface area contributed by atoms with Gasteiger partial charge in [0.2, 0.25) is 0 Å². The number of hydrogen-bond acceptors (Lipinski definition) is 4. The first kappa shape index (κ1) is 12.5. The summed E-state index contributed by atoms with van der Waals surface area (Å²) < 4.78 is 5.08. The molecule has 4 nitrogen and oxygen atoms in total. The Bertz CT molecular complexity index is 218. The molecular weight excluding hydrogens is 194 g/mol. The van der Waals surface area contributed by atoms with Gasteiger partial charge in [-0.15, -0.1) is 0 Å². The Morgan fingerprint density at radius 3 is 2.80 bits per heavy atom. The number of carbonyl (C=O) groups excluding carboxylic acids is 1. The number of carbonyl (C=O) groups is 1. The maximum atomic E-state index is 11.4. The van der Waals surface area contributed by atoms with Gasteiger partial charge in [0.05, 0.1) is 19.3 Å². The number of hydrogen-bond donors (Lipinski definition) is 1. The zero-order chi connectivity index (χ0) is 11.4. The minimum absolute atomic E-state index is 0.0647. The first-order valence-corrected chi connectivity index (χ1v) is 5.59. The van der Waals surface area contributed by atoms with Gasteiger partial charge in [-0.05, 0) is 32.7 Å². The first-order valence-electron chi connectivity index (χ1n) is 5.59. The third-order valence-electron chi connectivity index (χ3n) is 2.88. The van der Waals surface area contributed by atoms with Crippen molar-refractivity contribution in [1.29, 1.82) is 0 Å². The van der Waals surface area contributed by atoms with Crippen LogP contribution < -0.4 is 0 Å². The third-order valence-corrected chi connectivity index (χ3v) is 2.88. The first-order chi connectivity index (χ1) is 7.04. The van der Waals surface area contributed by atoms with Gasteiger partial charge in [-0.3, -0.25) is 9.69 Å². The van der Waals surface area contributed by atoms with Crippen LogP contribution in [0.2, 0.25) is 0 Å². The van der Waals surface area contributed by atoms with Crippen molar-refractivity contribution in [3.8, 4) is 0 Å². The van der Waals surface area contributed by atoms with Crippen LogP contribution in [0, 0.1) is 5.92 Å². The lowest BCUT2D eigenvalue weighted by atomic mass is 10.0. The van der Waals surface area contributed by atoms with E-state index in [1.54, 1.807) is 0 Å². The largest absolute Gasteiger partial charge is 0.462 e. The molecule has 1 heterocycles.